The normalized spacial score (nSPS) is 11.8. The molecular weight excluding hydrogens is 603 g/mol. The number of carbonyl (C=O) groups is 3. The van der Waals surface area contributed by atoms with E-state index in [1.807, 2.05) is 111 Å². The first-order valence-electron chi connectivity index (χ1n) is 15.5. The van der Waals surface area contributed by atoms with Gasteiger partial charge in [0.2, 0.25) is 5.91 Å². The molecule has 5 aromatic rings. The van der Waals surface area contributed by atoms with E-state index >= 15 is 0 Å². The minimum Gasteiger partial charge on any atom is -0.325 e. The third-order valence-corrected chi connectivity index (χ3v) is 8.71. The van der Waals surface area contributed by atoms with E-state index in [2.05, 4.69) is 22.9 Å². The van der Waals surface area contributed by atoms with E-state index in [0.29, 0.717) is 11.3 Å². The first-order chi connectivity index (χ1) is 22.8. The average molecular weight is 640 g/mol. The van der Waals surface area contributed by atoms with Gasteiger partial charge in [-0.25, -0.2) is 0 Å². The Kier molecular flexibility index (Phi) is 11.0. The molecule has 0 heterocycles. The van der Waals surface area contributed by atoms with Gasteiger partial charge in [0.1, 0.15) is 5.70 Å². The Morgan fingerprint density at radius 1 is 0.745 bits per heavy atom. The Morgan fingerprint density at radius 3 is 2.11 bits per heavy atom. The summed E-state index contributed by atoms with van der Waals surface area (Å²) in [4.78, 5) is 40.7. The molecule has 0 spiro atoms. The third kappa shape index (κ3) is 8.87. The fraction of sp³-hybridized carbons (Fsp3) is 0.125. The van der Waals surface area contributed by atoms with Gasteiger partial charge in [-0.2, -0.15) is 0 Å². The van der Waals surface area contributed by atoms with Crippen LogP contribution in [0.3, 0.4) is 0 Å². The molecule has 0 aliphatic carbocycles. The largest absolute Gasteiger partial charge is 0.325 e. The number of thioether (sulfide) groups is 1. The van der Waals surface area contributed by atoms with Crippen LogP contribution in [0.25, 0.3) is 17.2 Å². The maximum atomic E-state index is 13.6. The highest BCUT2D eigenvalue weighted by atomic mass is 32.2. The molecule has 236 valence electrons. The molecule has 47 heavy (non-hydrogen) atoms. The van der Waals surface area contributed by atoms with Gasteiger partial charge in [0.15, 0.2) is 0 Å². The van der Waals surface area contributed by atoms with Gasteiger partial charge < -0.3 is 16.0 Å². The Balaban J connectivity index is 1.32. The summed E-state index contributed by atoms with van der Waals surface area (Å²) in [5.41, 5.74) is 6.94. The van der Waals surface area contributed by atoms with Gasteiger partial charge in [0.05, 0.1) is 5.25 Å². The molecule has 5 aromatic carbocycles. The van der Waals surface area contributed by atoms with Crippen LogP contribution in [0, 0.1) is 6.92 Å². The van der Waals surface area contributed by atoms with E-state index in [4.69, 9.17) is 0 Å². The lowest BCUT2D eigenvalue weighted by Gasteiger charge is -2.17. The van der Waals surface area contributed by atoms with Crippen molar-refractivity contribution >= 4 is 46.9 Å². The van der Waals surface area contributed by atoms with Gasteiger partial charge >= 0.3 is 0 Å². The van der Waals surface area contributed by atoms with Crippen molar-refractivity contribution in [3.8, 4) is 11.1 Å². The quantitative estimate of drug-likeness (QED) is 0.0996. The predicted molar refractivity (Wildman–Crippen MR) is 193 cm³/mol. The Morgan fingerprint density at radius 2 is 1.40 bits per heavy atom. The molecule has 1 unspecified atom stereocenters. The van der Waals surface area contributed by atoms with Crippen molar-refractivity contribution in [3.63, 3.8) is 0 Å². The van der Waals surface area contributed by atoms with Crippen molar-refractivity contribution < 1.29 is 14.4 Å². The van der Waals surface area contributed by atoms with Gasteiger partial charge in [0, 0.05) is 21.8 Å². The predicted octanol–water partition coefficient (Wildman–Crippen LogP) is 8.75. The van der Waals surface area contributed by atoms with Gasteiger partial charge in [-0.1, -0.05) is 104 Å². The highest BCUT2D eigenvalue weighted by Crippen LogP contribution is 2.28. The fourth-order valence-corrected chi connectivity index (χ4v) is 5.97. The van der Waals surface area contributed by atoms with Gasteiger partial charge in [-0.15, -0.1) is 11.8 Å². The monoisotopic (exact) mass is 639 g/mol. The molecule has 0 bridgehead atoms. The smallest absolute Gasteiger partial charge is 0.272 e. The average Bonchev–Trinajstić information content (AvgIpc) is 3.10. The fourth-order valence-electron chi connectivity index (χ4n) is 5.04. The maximum Gasteiger partial charge on any atom is 0.272 e. The molecule has 0 aliphatic rings. The van der Waals surface area contributed by atoms with Crippen LogP contribution in [0.1, 0.15) is 40.9 Å². The van der Waals surface area contributed by atoms with E-state index in [0.717, 1.165) is 44.8 Å². The van der Waals surface area contributed by atoms with Crippen molar-refractivity contribution in [3.05, 3.63) is 155 Å². The summed E-state index contributed by atoms with van der Waals surface area (Å²) in [6.45, 7) is 5.92. The molecule has 3 amide bonds. The molecule has 7 heteroatoms. The van der Waals surface area contributed by atoms with Crippen LogP contribution in [0.15, 0.2) is 138 Å². The molecule has 3 N–H and O–H groups in total. The first-order valence-corrected chi connectivity index (χ1v) is 16.4. The van der Waals surface area contributed by atoms with Crippen LogP contribution >= 0.6 is 11.8 Å². The van der Waals surface area contributed by atoms with Crippen molar-refractivity contribution in [2.45, 2.75) is 37.3 Å². The second-order valence-electron chi connectivity index (χ2n) is 11.1. The number of para-hydroxylation sites is 1. The summed E-state index contributed by atoms with van der Waals surface area (Å²) in [5.74, 6) is -0.960. The number of rotatable bonds is 11. The number of nitrogens with one attached hydrogen (secondary N) is 3. The van der Waals surface area contributed by atoms with Crippen molar-refractivity contribution in [2.75, 3.05) is 10.6 Å². The lowest BCUT2D eigenvalue weighted by Crippen LogP contribution is -2.30. The van der Waals surface area contributed by atoms with E-state index in [9.17, 15) is 14.4 Å². The lowest BCUT2D eigenvalue weighted by atomic mass is 10.0. The second-order valence-corrected chi connectivity index (χ2v) is 12.5. The van der Waals surface area contributed by atoms with Crippen molar-refractivity contribution in [2.24, 2.45) is 0 Å². The zero-order valence-corrected chi connectivity index (χ0v) is 27.4. The molecule has 1 atom stereocenters. The molecule has 0 saturated carbocycles. The zero-order chi connectivity index (χ0) is 33.2. The molecule has 0 aromatic heterocycles. The summed E-state index contributed by atoms with van der Waals surface area (Å²) in [7, 11) is 0. The Bertz CT molecular complexity index is 1890. The molecule has 0 aliphatic heterocycles. The molecule has 0 saturated heterocycles. The van der Waals surface area contributed by atoms with E-state index in [1.165, 1.54) is 11.8 Å². The van der Waals surface area contributed by atoms with Gasteiger partial charge in [-0.05, 0) is 84.5 Å². The van der Waals surface area contributed by atoms with Crippen LogP contribution in [-0.2, 0) is 16.0 Å². The summed E-state index contributed by atoms with van der Waals surface area (Å²) >= 11 is 1.40. The van der Waals surface area contributed by atoms with Crippen molar-refractivity contribution in [1.82, 2.24) is 5.32 Å². The number of hydrogen-bond acceptors (Lipinski definition) is 4. The molecule has 6 nitrogen and oxygen atoms in total. The number of amides is 3. The number of benzene rings is 5. The topological polar surface area (TPSA) is 87.3 Å². The van der Waals surface area contributed by atoms with Crippen LogP contribution < -0.4 is 16.0 Å². The second kappa shape index (κ2) is 15.7. The number of hydrogen-bond donors (Lipinski definition) is 3. The number of anilines is 2. The molecule has 0 fully saturated rings. The molecular formula is C40H37N3O3S. The minimum atomic E-state index is -0.471. The Hall–Kier alpha value is -5.40. The van der Waals surface area contributed by atoms with Crippen LogP contribution in [-0.4, -0.2) is 23.0 Å². The number of aryl methyl sites for hydroxylation is 2. The van der Waals surface area contributed by atoms with Crippen molar-refractivity contribution in [1.29, 1.82) is 0 Å². The summed E-state index contributed by atoms with van der Waals surface area (Å²) in [6.07, 6.45) is 2.48. The highest BCUT2D eigenvalue weighted by Gasteiger charge is 2.19. The summed E-state index contributed by atoms with van der Waals surface area (Å²) in [6, 6.07) is 39.9. The molecule has 0 radical (unpaired) electrons. The van der Waals surface area contributed by atoms with Gasteiger partial charge in [-0.3, -0.25) is 14.4 Å². The van der Waals surface area contributed by atoms with E-state index in [1.54, 1.807) is 36.4 Å². The number of carbonyl (C=O) groups excluding carboxylic acids is 3. The SMILES string of the molecule is CCc1cccc(C)c1NC(=O)C(C)Sc1cccc(NC(=O)/C(=C\c2ccc(-c3ccccc3)cc2)NC(=O)c2ccccc2)c1. The first kappa shape index (κ1) is 33.0. The zero-order valence-electron chi connectivity index (χ0n) is 26.6. The van der Waals surface area contributed by atoms with E-state index < -0.39 is 11.8 Å². The standard InChI is InChI=1S/C40H37N3O3S/c1-4-30-18-11-13-27(2)37(30)43-38(44)28(3)47-35-20-12-19-34(26-35)41-40(46)36(42-39(45)33-16-9-6-10-17-33)25-29-21-23-32(24-22-29)31-14-7-5-8-15-31/h5-26,28H,4H2,1-3H3,(H,41,46)(H,42,45)(H,43,44)/b36-25+. The minimum absolute atomic E-state index is 0.0967. The van der Waals surface area contributed by atoms with Crippen LogP contribution in [0.5, 0.6) is 0 Å². The van der Waals surface area contributed by atoms with Gasteiger partial charge in [0.25, 0.3) is 11.8 Å². The molecule has 5 rings (SSSR count). The van der Waals surface area contributed by atoms with Crippen LogP contribution in [0.4, 0.5) is 11.4 Å². The van der Waals surface area contributed by atoms with E-state index in [-0.39, 0.29) is 16.9 Å². The highest BCUT2D eigenvalue weighted by molar-refractivity contribution is 8.00. The summed E-state index contributed by atoms with van der Waals surface area (Å²) in [5, 5.41) is 8.44. The Labute approximate surface area is 280 Å². The summed E-state index contributed by atoms with van der Waals surface area (Å²) < 4.78 is 0. The maximum absolute atomic E-state index is 13.6. The lowest BCUT2D eigenvalue weighted by molar-refractivity contribution is -0.115. The van der Waals surface area contributed by atoms with Crippen LogP contribution in [0.2, 0.25) is 0 Å². The third-order valence-electron chi connectivity index (χ3n) is 7.62.